The third-order valence-electron chi connectivity index (χ3n) is 3.01. The smallest absolute Gasteiger partial charge is 0.255 e. The Morgan fingerprint density at radius 3 is 2.35 bits per heavy atom. The van der Waals surface area contributed by atoms with Crippen molar-refractivity contribution in [3.8, 4) is 5.75 Å². The van der Waals surface area contributed by atoms with Crippen molar-refractivity contribution in [2.45, 2.75) is 6.92 Å². The first-order valence-electron chi connectivity index (χ1n) is 6.74. The van der Waals surface area contributed by atoms with Crippen LogP contribution in [0.2, 0.25) is 5.02 Å². The summed E-state index contributed by atoms with van der Waals surface area (Å²) >= 11 is 6.07. The van der Waals surface area contributed by atoms with Crippen LogP contribution in [0.3, 0.4) is 0 Å². The van der Waals surface area contributed by atoms with E-state index in [1.165, 1.54) is 12.1 Å². The molecular weight excluding hydrogens is 316 g/mol. The standard InChI is InChI=1S/C17H15ClN2O3/c1-10(2)16(22)19-13-9-15(21)14(8-12(13)18)20-17(23)11-6-4-3-5-7-11/h3-9,21H,1H2,2H3,(H,19,22)(H,20,23). The molecule has 0 unspecified atom stereocenters. The summed E-state index contributed by atoms with van der Waals surface area (Å²) in [6, 6.07) is 11.2. The third kappa shape index (κ3) is 4.11. The van der Waals surface area contributed by atoms with Crippen LogP contribution in [-0.4, -0.2) is 16.9 Å². The van der Waals surface area contributed by atoms with Gasteiger partial charge in [0.05, 0.1) is 16.4 Å². The molecule has 2 amide bonds. The van der Waals surface area contributed by atoms with E-state index in [0.717, 1.165) is 0 Å². The van der Waals surface area contributed by atoms with E-state index in [1.54, 1.807) is 37.3 Å². The molecule has 3 N–H and O–H groups in total. The summed E-state index contributed by atoms with van der Waals surface area (Å²) in [7, 11) is 0. The van der Waals surface area contributed by atoms with Crippen LogP contribution in [0, 0.1) is 0 Å². The molecule has 23 heavy (non-hydrogen) atoms. The Morgan fingerprint density at radius 1 is 1.09 bits per heavy atom. The monoisotopic (exact) mass is 330 g/mol. The SMILES string of the molecule is C=C(C)C(=O)Nc1cc(O)c(NC(=O)c2ccccc2)cc1Cl. The van der Waals surface area contributed by atoms with Crippen LogP contribution in [0.4, 0.5) is 11.4 Å². The van der Waals surface area contributed by atoms with E-state index in [0.29, 0.717) is 11.1 Å². The summed E-state index contributed by atoms with van der Waals surface area (Å²) in [5, 5.41) is 15.3. The highest BCUT2D eigenvalue weighted by Crippen LogP contribution is 2.34. The number of hydrogen-bond donors (Lipinski definition) is 3. The summed E-state index contributed by atoms with van der Waals surface area (Å²) in [5.74, 6) is -1.00. The van der Waals surface area contributed by atoms with Gasteiger partial charge in [-0.05, 0) is 25.1 Å². The highest BCUT2D eigenvalue weighted by molar-refractivity contribution is 6.34. The van der Waals surface area contributed by atoms with Gasteiger partial charge in [0, 0.05) is 17.2 Å². The van der Waals surface area contributed by atoms with Gasteiger partial charge in [-0.3, -0.25) is 9.59 Å². The summed E-state index contributed by atoms with van der Waals surface area (Å²) in [6.45, 7) is 5.07. The number of aromatic hydroxyl groups is 1. The minimum atomic E-state index is -0.410. The lowest BCUT2D eigenvalue weighted by atomic mass is 10.2. The second-order valence-electron chi connectivity index (χ2n) is 4.90. The maximum atomic E-state index is 12.1. The van der Waals surface area contributed by atoms with Crippen molar-refractivity contribution >= 4 is 34.8 Å². The quantitative estimate of drug-likeness (QED) is 0.589. The summed E-state index contributed by atoms with van der Waals surface area (Å²) in [6.07, 6.45) is 0. The number of rotatable bonds is 4. The molecule has 2 aromatic carbocycles. The highest BCUT2D eigenvalue weighted by Gasteiger charge is 2.13. The maximum absolute atomic E-state index is 12.1. The fraction of sp³-hybridized carbons (Fsp3) is 0.0588. The van der Waals surface area contributed by atoms with Crippen LogP contribution >= 0.6 is 11.6 Å². The van der Waals surface area contributed by atoms with Crippen molar-refractivity contribution < 1.29 is 14.7 Å². The number of phenolic OH excluding ortho intramolecular Hbond substituents is 1. The number of hydrogen-bond acceptors (Lipinski definition) is 3. The van der Waals surface area contributed by atoms with Crippen LogP contribution < -0.4 is 10.6 Å². The van der Waals surface area contributed by atoms with Gasteiger partial charge in [-0.2, -0.15) is 0 Å². The van der Waals surface area contributed by atoms with Gasteiger partial charge in [-0.1, -0.05) is 36.4 Å². The van der Waals surface area contributed by atoms with Crippen molar-refractivity contribution in [2.24, 2.45) is 0 Å². The van der Waals surface area contributed by atoms with Gasteiger partial charge in [-0.15, -0.1) is 0 Å². The molecule has 2 rings (SSSR count). The van der Waals surface area contributed by atoms with Gasteiger partial charge in [0.1, 0.15) is 5.75 Å². The molecule has 0 heterocycles. The van der Waals surface area contributed by atoms with Crippen LogP contribution in [0.1, 0.15) is 17.3 Å². The van der Waals surface area contributed by atoms with E-state index in [9.17, 15) is 14.7 Å². The Hall–Kier alpha value is -2.79. The van der Waals surface area contributed by atoms with Crippen LogP contribution in [-0.2, 0) is 4.79 Å². The lowest BCUT2D eigenvalue weighted by Crippen LogP contribution is -2.14. The predicted molar refractivity (Wildman–Crippen MR) is 91.0 cm³/mol. The van der Waals surface area contributed by atoms with Gasteiger partial charge in [-0.25, -0.2) is 0 Å². The first-order chi connectivity index (χ1) is 10.9. The summed E-state index contributed by atoms with van der Waals surface area (Å²) in [5.41, 5.74) is 1.14. The number of halogens is 1. The van der Waals surface area contributed by atoms with Crippen molar-refractivity contribution in [2.75, 3.05) is 10.6 Å². The zero-order chi connectivity index (χ0) is 17.0. The van der Waals surface area contributed by atoms with E-state index in [2.05, 4.69) is 17.2 Å². The number of phenols is 1. The Kier molecular flexibility index (Phi) is 5.03. The molecule has 0 atom stereocenters. The van der Waals surface area contributed by atoms with E-state index in [-0.39, 0.29) is 28.1 Å². The molecule has 0 spiro atoms. The number of amides is 2. The lowest BCUT2D eigenvalue weighted by molar-refractivity contribution is -0.112. The molecule has 0 saturated heterocycles. The Balaban J connectivity index is 2.21. The zero-order valence-corrected chi connectivity index (χ0v) is 13.1. The molecule has 0 aliphatic rings. The van der Waals surface area contributed by atoms with Gasteiger partial charge < -0.3 is 15.7 Å². The molecule has 5 nitrogen and oxygen atoms in total. The molecule has 0 aliphatic carbocycles. The van der Waals surface area contributed by atoms with Crippen LogP contribution in [0.5, 0.6) is 5.75 Å². The first-order valence-corrected chi connectivity index (χ1v) is 7.12. The summed E-state index contributed by atoms with van der Waals surface area (Å²) in [4.78, 5) is 23.7. The number of benzene rings is 2. The Labute approximate surface area is 138 Å². The van der Waals surface area contributed by atoms with Gasteiger partial charge in [0.2, 0.25) is 0 Å². The van der Waals surface area contributed by atoms with E-state index < -0.39 is 5.91 Å². The molecule has 0 saturated carbocycles. The minimum absolute atomic E-state index is 0.150. The second-order valence-corrected chi connectivity index (χ2v) is 5.31. The Morgan fingerprint density at radius 2 is 1.74 bits per heavy atom. The van der Waals surface area contributed by atoms with Crippen LogP contribution in [0.25, 0.3) is 0 Å². The van der Waals surface area contributed by atoms with E-state index >= 15 is 0 Å². The molecule has 0 bridgehead atoms. The molecule has 0 aromatic heterocycles. The fourth-order valence-electron chi connectivity index (χ4n) is 1.77. The van der Waals surface area contributed by atoms with Crippen molar-refractivity contribution in [3.05, 3.63) is 65.2 Å². The lowest BCUT2D eigenvalue weighted by Gasteiger charge is -2.12. The molecule has 0 fully saturated rings. The molecular formula is C17H15ClN2O3. The average Bonchev–Trinajstić information content (AvgIpc) is 2.52. The van der Waals surface area contributed by atoms with Crippen molar-refractivity contribution in [1.29, 1.82) is 0 Å². The van der Waals surface area contributed by atoms with Crippen molar-refractivity contribution in [1.82, 2.24) is 0 Å². The fourth-order valence-corrected chi connectivity index (χ4v) is 1.98. The van der Waals surface area contributed by atoms with E-state index in [4.69, 9.17) is 11.6 Å². The minimum Gasteiger partial charge on any atom is -0.506 e. The molecule has 6 heteroatoms. The van der Waals surface area contributed by atoms with Gasteiger partial charge in [0.15, 0.2) is 0 Å². The van der Waals surface area contributed by atoms with Crippen LogP contribution in [0.15, 0.2) is 54.6 Å². The van der Waals surface area contributed by atoms with Crippen molar-refractivity contribution in [3.63, 3.8) is 0 Å². The number of nitrogens with one attached hydrogen (secondary N) is 2. The zero-order valence-electron chi connectivity index (χ0n) is 12.4. The largest absolute Gasteiger partial charge is 0.506 e. The summed E-state index contributed by atoms with van der Waals surface area (Å²) < 4.78 is 0. The van der Waals surface area contributed by atoms with Gasteiger partial charge in [0.25, 0.3) is 11.8 Å². The number of carbonyl (C=O) groups excluding carboxylic acids is 2. The van der Waals surface area contributed by atoms with E-state index in [1.807, 2.05) is 0 Å². The first kappa shape index (κ1) is 16.6. The predicted octanol–water partition coefficient (Wildman–Crippen LogP) is 3.81. The average molecular weight is 331 g/mol. The highest BCUT2D eigenvalue weighted by atomic mass is 35.5. The molecule has 0 aliphatic heterocycles. The third-order valence-corrected chi connectivity index (χ3v) is 3.32. The number of anilines is 2. The maximum Gasteiger partial charge on any atom is 0.255 e. The normalized spacial score (nSPS) is 10.0. The second kappa shape index (κ2) is 6.98. The molecule has 0 radical (unpaired) electrons. The van der Waals surface area contributed by atoms with Gasteiger partial charge >= 0.3 is 0 Å². The topological polar surface area (TPSA) is 78.4 Å². The molecule has 118 valence electrons. The molecule has 2 aromatic rings. The number of carbonyl (C=O) groups is 2. The Bertz CT molecular complexity index is 773.